The van der Waals surface area contributed by atoms with E-state index in [1.807, 2.05) is 0 Å². The standard InChI is InChI=1S/C15H23N3O5/c1-18(2)15(20)17-7-6-16-14(19)10-8-11(21-3)13(23-5)12(9-10)22-4/h8-9H,6-7H2,1-5H3,(H,16,19)(H,17,20). The van der Waals surface area contributed by atoms with E-state index in [-0.39, 0.29) is 11.9 Å². The summed E-state index contributed by atoms with van der Waals surface area (Å²) in [6, 6.07) is 2.91. The molecule has 0 bridgehead atoms. The molecular weight excluding hydrogens is 302 g/mol. The molecule has 128 valence electrons. The molecule has 0 aliphatic rings. The van der Waals surface area contributed by atoms with Crippen LogP contribution in [0, 0.1) is 0 Å². The molecule has 1 aromatic carbocycles. The number of hydrogen-bond acceptors (Lipinski definition) is 5. The van der Waals surface area contributed by atoms with Crippen molar-refractivity contribution in [2.45, 2.75) is 0 Å². The summed E-state index contributed by atoms with van der Waals surface area (Å²) in [6.45, 7) is 0.627. The Morgan fingerprint density at radius 3 is 1.91 bits per heavy atom. The number of hydrogen-bond donors (Lipinski definition) is 2. The summed E-state index contributed by atoms with van der Waals surface area (Å²) in [4.78, 5) is 24.9. The summed E-state index contributed by atoms with van der Waals surface area (Å²) in [7, 11) is 7.74. The molecule has 8 nitrogen and oxygen atoms in total. The van der Waals surface area contributed by atoms with Crippen molar-refractivity contribution in [3.63, 3.8) is 0 Å². The van der Waals surface area contributed by atoms with Gasteiger partial charge in [0.25, 0.3) is 5.91 Å². The number of methoxy groups -OCH3 is 3. The van der Waals surface area contributed by atoms with E-state index in [2.05, 4.69) is 10.6 Å². The van der Waals surface area contributed by atoms with Crippen molar-refractivity contribution in [2.75, 3.05) is 48.5 Å². The molecule has 0 heterocycles. The van der Waals surface area contributed by atoms with Gasteiger partial charge < -0.3 is 29.7 Å². The smallest absolute Gasteiger partial charge is 0.316 e. The van der Waals surface area contributed by atoms with Crippen LogP contribution >= 0.6 is 0 Å². The van der Waals surface area contributed by atoms with Gasteiger partial charge in [0.05, 0.1) is 21.3 Å². The molecule has 0 aliphatic heterocycles. The highest BCUT2D eigenvalue weighted by Gasteiger charge is 2.16. The van der Waals surface area contributed by atoms with Gasteiger partial charge >= 0.3 is 6.03 Å². The fourth-order valence-corrected chi connectivity index (χ4v) is 1.82. The number of nitrogens with zero attached hydrogens (tertiary/aromatic N) is 1. The van der Waals surface area contributed by atoms with E-state index in [0.29, 0.717) is 35.9 Å². The highest BCUT2D eigenvalue weighted by Crippen LogP contribution is 2.38. The van der Waals surface area contributed by atoms with Crippen molar-refractivity contribution in [1.29, 1.82) is 0 Å². The number of rotatable bonds is 7. The first-order chi connectivity index (χ1) is 10.9. The maximum absolute atomic E-state index is 12.2. The molecule has 1 aromatic rings. The molecule has 8 heteroatoms. The van der Waals surface area contributed by atoms with Crippen LogP contribution in [-0.4, -0.2) is 65.4 Å². The zero-order valence-corrected chi connectivity index (χ0v) is 14.1. The predicted molar refractivity (Wildman–Crippen MR) is 85.5 cm³/mol. The van der Waals surface area contributed by atoms with E-state index >= 15 is 0 Å². The third-order valence-electron chi connectivity index (χ3n) is 3.02. The first-order valence-electron chi connectivity index (χ1n) is 6.98. The van der Waals surface area contributed by atoms with E-state index in [9.17, 15) is 9.59 Å². The van der Waals surface area contributed by atoms with Crippen LogP contribution in [0.1, 0.15) is 10.4 Å². The molecule has 23 heavy (non-hydrogen) atoms. The lowest BCUT2D eigenvalue weighted by Crippen LogP contribution is -2.39. The lowest BCUT2D eigenvalue weighted by atomic mass is 10.1. The molecule has 0 spiro atoms. The van der Waals surface area contributed by atoms with Gasteiger partial charge in [-0.05, 0) is 12.1 Å². The monoisotopic (exact) mass is 325 g/mol. The van der Waals surface area contributed by atoms with Crippen molar-refractivity contribution < 1.29 is 23.8 Å². The Morgan fingerprint density at radius 2 is 1.48 bits per heavy atom. The van der Waals surface area contributed by atoms with Gasteiger partial charge in [0.2, 0.25) is 5.75 Å². The van der Waals surface area contributed by atoms with Crippen molar-refractivity contribution in [1.82, 2.24) is 15.5 Å². The second kappa shape index (κ2) is 8.72. The minimum absolute atomic E-state index is 0.216. The number of ether oxygens (including phenoxy) is 3. The first-order valence-corrected chi connectivity index (χ1v) is 6.98. The zero-order valence-electron chi connectivity index (χ0n) is 14.1. The van der Waals surface area contributed by atoms with Crippen LogP contribution in [0.3, 0.4) is 0 Å². The minimum Gasteiger partial charge on any atom is -0.493 e. The SMILES string of the molecule is COc1cc(C(=O)NCCNC(=O)N(C)C)cc(OC)c1OC. The molecule has 0 saturated heterocycles. The van der Waals surface area contributed by atoms with Crippen LogP contribution in [0.15, 0.2) is 12.1 Å². The Kier molecular flexibility index (Phi) is 6.98. The molecule has 0 aliphatic carbocycles. The Morgan fingerprint density at radius 1 is 0.957 bits per heavy atom. The first kappa shape index (κ1) is 18.4. The van der Waals surface area contributed by atoms with Crippen LogP contribution in [0.5, 0.6) is 17.2 Å². The number of carbonyl (C=O) groups excluding carboxylic acids is 2. The molecule has 1 rings (SSSR count). The highest BCUT2D eigenvalue weighted by atomic mass is 16.5. The fraction of sp³-hybridized carbons (Fsp3) is 0.467. The second-order valence-corrected chi connectivity index (χ2v) is 4.80. The number of amides is 3. The molecule has 0 aromatic heterocycles. The van der Waals surface area contributed by atoms with Gasteiger partial charge in [-0.15, -0.1) is 0 Å². The van der Waals surface area contributed by atoms with E-state index in [1.165, 1.54) is 26.2 Å². The molecule has 2 N–H and O–H groups in total. The summed E-state index contributed by atoms with van der Waals surface area (Å²) >= 11 is 0. The van der Waals surface area contributed by atoms with Gasteiger partial charge in [-0.1, -0.05) is 0 Å². The lowest BCUT2D eigenvalue weighted by Gasteiger charge is -2.14. The van der Waals surface area contributed by atoms with Crippen LogP contribution in [0.2, 0.25) is 0 Å². The zero-order chi connectivity index (χ0) is 17.4. The fourth-order valence-electron chi connectivity index (χ4n) is 1.82. The summed E-state index contributed by atoms with van der Waals surface area (Å²) in [5.41, 5.74) is 0.374. The Hall–Kier alpha value is -2.64. The van der Waals surface area contributed by atoms with Crippen LogP contribution in [0.25, 0.3) is 0 Å². The van der Waals surface area contributed by atoms with E-state index in [0.717, 1.165) is 0 Å². The molecular formula is C15H23N3O5. The summed E-state index contributed by atoms with van der Waals surface area (Å²) in [6.07, 6.45) is 0. The van der Waals surface area contributed by atoms with Crippen molar-refractivity contribution in [3.05, 3.63) is 17.7 Å². The molecule has 0 saturated carbocycles. The maximum Gasteiger partial charge on any atom is 0.316 e. The van der Waals surface area contributed by atoms with Crippen LogP contribution < -0.4 is 24.8 Å². The second-order valence-electron chi connectivity index (χ2n) is 4.80. The van der Waals surface area contributed by atoms with E-state index < -0.39 is 0 Å². The normalized spacial score (nSPS) is 9.78. The number of benzene rings is 1. The van der Waals surface area contributed by atoms with Gasteiger partial charge in [-0.25, -0.2) is 4.79 Å². The van der Waals surface area contributed by atoms with Gasteiger partial charge in [0.1, 0.15) is 0 Å². The maximum atomic E-state index is 12.2. The van der Waals surface area contributed by atoms with Gasteiger partial charge in [-0.3, -0.25) is 4.79 Å². The largest absolute Gasteiger partial charge is 0.493 e. The summed E-state index contributed by atoms with van der Waals surface area (Å²) in [5, 5.41) is 5.36. The highest BCUT2D eigenvalue weighted by molar-refractivity contribution is 5.95. The van der Waals surface area contributed by atoms with E-state index in [1.54, 1.807) is 26.2 Å². The Bertz CT molecular complexity index is 535. The van der Waals surface area contributed by atoms with Gasteiger partial charge in [0, 0.05) is 32.7 Å². The lowest BCUT2D eigenvalue weighted by molar-refractivity contribution is 0.0953. The third kappa shape index (κ3) is 4.94. The number of nitrogens with one attached hydrogen (secondary N) is 2. The van der Waals surface area contributed by atoms with Gasteiger partial charge in [0.15, 0.2) is 11.5 Å². The van der Waals surface area contributed by atoms with Crippen LogP contribution in [-0.2, 0) is 0 Å². The average molecular weight is 325 g/mol. The Balaban J connectivity index is 2.71. The topological polar surface area (TPSA) is 89.1 Å². The average Bonchev–Trinajstić information content (AvgIpc) is 2.56. The quantitative estimate of drug-likeness (QED) is 0.721. The number of carbonyl (C=O) groups is 2. The number of urea groups is 1. The van der Waals surface area contributed by atoms with Crippen molar-refractivity contribution in [3.8, 4) is 17.2 Å². The summed E-state index contributed by atoms with van der Waals surface area (Å²) < 4.78 is 15.6. The third-order valence-corrected chi connectivity index (χ3v) is 3.02. The Labute approximate surface area is 135 Å². The van der Waals surface area contributed by atoms with Crippen LogP contribution in [0.4, 0.5) is 4.79 Å². The summed E-state index contributed by atoms with van der Waals surface area (Å²) in [5.74, 6) is 0.920. The van der Waals surface area contributed by atoms with E-state index in [4.69, 9.17) is 14.2 Å². The molecule has 3 amide bonds. The minimum atomic E-state index is -0.302. The molecule has 0 unspecified atom stereocenters. The van der Waals surface area contributed by atoms with Gasteiger partial charge in [-0.2, -0.15) is 0 Å². The molecule has 0 radical (unpaired) electrons. The predicted octanol–water partition coefficient (Wildman–Crippen LogP) is 0.713. The van der Waals surface area contributed by atoms with Crippen molar-refractivity contribution in [2.24, 2.45) is 0 Å². The van der Waals surface area contributed by atoms with Crippen molar-refractivity contribution >= 4 is 11.9 Å². The molecule has 0 atom stereocenters. The molecule has 0 fully saturated rings.